The lowest BCUT2D eigenvalue weighted by atomic mass is 9.95. The number of phenolic OH excluding ortho intramolecular Hbond substituents is 1. The molecule has 0 saturated carbocycles. The number of hydrogen-bond acceptors (Lipinski definition) is 5. The van der Waals surface area contributed by atoms with Gasteiger partial charge in [0.05, 0.1) is 0 Å². The average molecular weight is 496 g/mol. The standard InChI is InChI=1S/C28H37N3O5/c1-18-15-22(32)16-19(2)23(18)17-24(31-27(35)36-28(4,5)6)26(34)30-20(3)25(33)29-14-10-13-21-11-8-7-9-12-21/h7-12,14-16,20,24,32H,13,17H2,1-6H3,(H,29,33)(H,30,34)(H,31,35)/b14-10+/t20-,24?/m1/s1. The second-order valence-electron chi connectivity index (χ2n) is 9.79. The summed E-state index contributed by atoms with van der Waals surface area (Å²) in [6.45, 7) is 10.4. The molecule has 0 heterocycles. The fourth-order valence-electron chi connectivity index (χ4n) is 3.61. The number of ether oxygens (including phenoxy) is 1. The highest BCUT2D eigenvalue weighted by Gasteiger charge is 2.28. The first-order chi connectivity index (χ1) is 16.9. The number of allylic oxidation sites excluding steroid dienone is 1. The van der Waals surface area contributed by atoms with Crippen LogP contribution in [0.3, 0.4) is 0 Å². The Hall–Kier alpha value is -3.81. The first-order valence-corrected chi connectivity index (χ1v) is 11.9. The summed E-state index contributed by atoms with van der Waals surface area (Å²) in [6, 6.07) is 11.2. The highest BCUT2D eigenvalue weighted by molar-refractivity contribution is 5.91. The third kappa shape index (κ3) is 9.44. The van der Waals surface area contributed by atoms with Crippen LogP contribution in [0.25, 0.3) is 0 Å². The number of carbonyl (C=O) groups excluding carboxylic acids is 3. The van der Waals surface area contributed by atoms with Crippen LogP contribution in [0.1, 0.15) is 49.9 Å². The van der Waals surface area contributed by atoms with Gasteiger partial charge in [-0.1, -0.05) is 36.4 Å². The van der Waals surface area contributed by atoms with Crippen LogP contribution in [0, 0.1) is 13.8 Å². The van der Waals surface area contributed by atoms with Crippen molar-refractivity contribution in [2.24, 2.45) is 0 Å². The molecule has 194 valence electrons. The largest absolute Gasteiger partial charge is 0.508 e. The van der Waals surface area contributed by atoms with Gasteiger partial charge >= 0.3 is 6.09 Å². The lowest BCUT2D eigenvalue weighted by molar-refractivity contribution is -0.129. The number of hydrogen-bond donors (Lipinski definition) is 4. The number of aromatic hydroxyl groups is 1. The summed E-state index contributed by atoms with van der Waals surface area (Å²) in [7, 11) is 0. The van der Waals surface area contributed by atoms with Crippen molar-refractivity contribution in [3.63, 3.8) is 0 Å². The maximum absolute atomic E-state index is 13.1. The fraction of sp³-hybridized carbons (Fsp3) is 0.393. The Morgan fingerprint density at radius 3 is 2.19 bits per heavy atom. The molecule has 0 radical (unpaired) electrons. The molecular weight excluding hydrogens is 458 g/mol. The van der Waals surface area contributed by atoms with E-state index in [0.29, 0.717) is 6.42 Å². The maximum Gasteiger partial charge on any atom is 0.408 e. The minimum absolute atomic E-state index is 0.125. The van der Waals surface area contributed by atoms with Crippen molar-refractivity contribution in [1.82, 2.24) is 16.0 Å². The number of rotatable bonds is 9. The van der Waals surface area contributed by atoms with Gasteiger partial charge in [0.25, 0.3) is 0 Å². The molecule has 0 fully saturated rings. The molecule has 2 aromatic rings. The van der Waals surface area contributed by atoms with Crippen molar-refractivity contribution in [3.8, 4) is 5.75 Å². The molecule has 8 heteroatoms. The third-order valence-electron chi connectivity index (χ3n) is 5.39. The van der Waals surface area contributed by atoms with Crippen LogP contribution in [0.2, 0.25) is 0 Å². The van der Waals surface area contributed by atoms with E-state index in [1.165, 1.54) is 0 Å². The van der Waals surface area contributed by atoms with Crippen LogP contribution in [-0.4, -0.2) is 40.7 Å². The highest BCUT2D eigenvalue weighted by Crippen LogP contribution is 2.22. The predicted molar refractivity (Wildman–Crippen MR) is 139 cm³/mol. The van der Waals surface area contributed by atoms with E-state index in [1.807, 2.05) is 50.3 Å². The summed E-state index contributed by atoms with van der Waals surface area (Å²) in [4.78, 5) is 38.1. The van der Waals surface area contributed by atoms with Gasteiger partial charge < -0.3 is 25.8 Å². The molecule has 36 heavy (non-hydrogen) atoms. The van der Waals surface area contributed by atoms with Crippen LogP contribution in [0.4, 0.5) is 4.79 Å². The first kappa shape index (κ1) is 28.4. The molecule has 0 aromatic heterocycles. The molecule has 4 N–H and O–H groups in total. The molecule has 1 unspecified atom stereocenters. The van der Waals surface area contributed by atoms with Crippen molar-refractivity contribution in [2.45, 2.75) is 72.1 Å². The predicted octanol–water partition coefficient (Wildman–Crippen LogP) is 3.82. The van der Waals surface area contributed by atoms with Gasteiger partial charge in [0.2, 0.25) is 11.8 Å². The minimum atomic E-state index is -0.995. The van der Waals surface area contributed by atoms with Gasteiger partial charge in [0, 0.05) is 12.6 Å². The Bertz CT molecular complexity index is 1070. The van der Waals surface area contributed by atoms with Gasteiger partial charge in [-0.3, -0.25) is 9.59 Å². The van der Waals surface area contributed by atoms with Gasteiger partial charge in [-0.05, 0) is 82.3 Å². The maximum atomic E-state index is 13.1. The van der Waals surface area contributed by atoms with Gasteiger partial charge in [-0.25, -0.2) is 4.79 Å². The molecule has 0 aliphatic rings. The Labute approximate surface area is 213 Å². The van der Waals surface area contributed by atoms with E-state index in [-0.39, 0.29) is 18.1 Å². The zero-order valence-corrected chi connectivity index (χ0v) is 21.8. The topological polar surface area (TPSA) is 117 Å². The lowest BCUT2D eigenvalue weighted by Gasteiger charge is -2.25. The van der Waals surface area contributed by atoms with Gasteiger partial charge in [-0.2, -0.15) is 0 Å². The summed E-state index contributed by atoms with van der Waals surface area (Å²) in [5.41, 5.74) is 2.75. The molecule has 2 atom stereocenters. The van der Waals surface area contributed by atoms with E-state index in [0.717, 1.165) is 22.3 Å². The molecule has 0 aliphatic heterocycles. The number of amides is 3. The summed E-state index contributed by atoms with van der Waals surface area (Å²) in [5, 5.41) is 17.8. The van der Waals surface area contributed by atoms with E-state index in [2.05, 4.69) is 16.0 Å². The van der Waals surface area contributed by atoms with Crippen LogP contribution in [0.5, 0.6) is 5.75 Å². The van der Waals surface area contributed by atoms with Crippen LogP contribution < -0.4 is 16.0 Å². The zero-order chi connectivity index (χ0) is 26.9. The molecule has 3 amide bonds. The van der Waals surface area contributed by atoms with E-state index in [9.17, 15) is 19.5 Å². The zero-order valence-electron chi connectivity index (χ0n) is 21.8. The number of aryl methyl sites for hydroxylation is 2. The summed E-state index contributed by atoms with van der Waals surface area (Å²) in [5.74, 6) is -0.787. The van der Waals surface area contributed by atoms with Crippen LogP contribution >= 0.6 is 0 Å². The van der Waals surface area contributed by atoms with E-state index in [4.69, 9.17) is 4.74 Å². The molecule has 0 saturated heterocycles. The molecular formula is C28H37N3O5. The Kier molecular flexibility index (Phi) is 10.1. The Balaban J connectivity index is 2.07. The normalized spacial score (nSPS) is 13.1. The molecule has 0 bridgehead atoms. The third-order valence-corrected chi connectivity index (χ3v) is 5.39. The fourth-order valence-corrected chi connectivity index (χ4v) is 3.61. The van der Waals surface area contributed by atoms with E-state index < -0.39 is 29.7 Å². The number of benzene rings is 2. The molecule has 2 aromatic carbocycles. The first-order valence-electron chi connectivity index (χ1n) is 11.9. The lowest BCUT2D eigenvalue weighted by Crippen LogP contribution is -2.53. The Morgan fingerprint density at radius 2 is 1.61 bits per heavy atom. The van der Waals surface area contributed by atoms with Crippen LogP contribution in [0.15, 0.2) is 54.7 Å². The molecule has 0 spiro atoms. The SMILES string of the molecule is Cc1cc(O)cc(C)c1CC(NC(=O)OC(C)(C)C)C(=O)N[C@H](C)C(=O)N/C=C/Cc1ccccc1. The quantitative estimate of drug-likeness (QED) is 0.422. The second kappa shape index (κ2) is 12.8. The number of nitrogens with one attached hydrogen (secondary N) is 3. The minimum Gasteiger partial charge on any atom is -0.508 e. The highest BCUT2D eigenvalue weighted by atomic mass is 16.6. The van der Waals surface area contributed by atoms with Crippen molar-refractivity contribution >= 4 is 17.9 Å². The number of alkyl carbamates (subject to hydrolysis) is 1. The van der Waals surface area contributed by atoms with Crippen LogP contribution in [-0.2, 0) is 27.2 Å². The van der Waals surface area contributed by atoms with Gasteiger partial charge in [0.1, 0.15) is 23.4 Å². The summed E-state index contributed by atoms with van der Waals surface area (Å²) in [6.07, 6.45) is 3.46. The Morgan fingerprint density at radius 1 is 1.00 bits per heavy atom. The number of phenols is 1. The monoisotopic (exact) mass is 495 g/mol. The number of carbonyl (C=O) groups is 3. The van der Waals surface area contributed by atoms with E-state index >= 15 is 0 Å². The van der Waals surface area contributed by atoms with Crippen molar-refractivity contribution in [2.75, 3.05) is 0 Å². The van der Waals surface area contributed by atoms with Gasteiger partial charge in [-0.15, -0.1) is 0 Å². The second-order valence-corrected chi connectivity index (χ2v) is 9.79. The van der Waals surface area contributed by atoms with Crippen molar-refractivity contribution in [1.29, 1.82) is 0 Å². The summed E-state index contributed by atoms with van der Waals surface area (Å²) < 4.78 is 5.33. The van der Waals surface area contributed by atoms with E-state index in [1.54, 1.807) is 46.0 Å². The summed E-state index contributed by atoms with van der Waals surface area (Å²) >= 11 is 0. The molecule has 2 rings (SSSR count). The van der Waals surface area contributed by atoms with Crippen molar-refractivity contribution < 1.29 is 24.2 Å². The van der Waals surface area contributed by atoms with Gasteiger partial charge in [0.15, 0.2) is 0 Å². The molecule has 8 nitrogen and oxygen atoms in total. The average Bonchev–Trinajstić information content (AvgIpc) is 2.77. The molecule has 0 aliphatic carbocycles. The smallest absolute Gasteiger partial charge is 0.408 e. The van der Waals surface area contributed by atoms with Crippen molar-refractivity contribution in [3.05, 3.63) is 77.0 Å².